The highest BCUT2D eigenvalue weighted by molar-refractivity contribution is 7.47. The Kier molecular flexibility index (Phi) is 41.3. The second-order valence-electron chi connectivity index (χ2n) is 15.3. The van der Waals surface area contributed by atoms with Crippen molar-refractivity contribution in [1.82, 2.24) is 0 Å². The number of nitrogens with two attached hydrogens (primary N) is 1. The van der Waals surface area contributed by atoms with Crippen LogP contribution in [0.1, 0.15) is 232 Å². The van der Waals surface area contributed by atoms with E-state index in [2.05, 4.69) is 13.8 Å². The van der Waals surface area contributed by atoms with Gasteiger partial charge in [0.1, 0.15) is 6.10 Å². The molecule has 3 N–H and O–H groups in total. The van der Waals surface area contributed by atoms with Gasteiger partial charge in [-0.25, -0.2) is 4.57 Å². The maximum absolute atomic E-state index is 12.6. The van der Waals surface area contributed by atoms with Gasteiger partial charge in [0.05, 0.1) is 19.8 Å². The maximum atomic E-state index is 12.6. The molecule has 0 aliphatic carbocycles. The summed E-state index contributed by atoms with van der Waals surface area (Å²) in [5.74, 6) is -0.323. The fraction of sp³-hybridized carbons (Fsp3) is 0.977. The Balaban J connectivity index is 3.95. The molecule has 0 aromatic carbocycles. The molecule has 2 unspecified atom stereocenters. The van der Waals surface area contributed by atoms with Crippen molar-refractivity contribution < 1.29 is 32.8 Å². The highest BCUT2D eigenvalue weighted by Crippen LogP contribution is 2.43. The van der Waals surface area contributed by atoms with Crippen molar-refractivity contribution in [2.75, 3.05) is 33.0 Å². The van der Waals surface area contributed by atoms with Crippen molar-refractivity contribution in [2.24, 2.45) is 5.73 Å². The topological polar surface area (TPSA) is 117 Å². The summed E-state index contributed by atoms with van der Waals surface area (Å²) in [7, 11) is -4.27. The molecule has 0 rings (SSSR count). The largest absolute Gasteiger partial charge is 0.472 e. The molecule has 0 saturated carbocycles. The predicted molar refractivity (Wildman–Crippen MR) is 220 cm³/mol. The summed E-state index contributed by atoms with van der Waals surface area (Å²) in [6, 6.07) is 0. The molecule has 0 aliphatic heterocycles. The first-order valence-electron chi connectivity index (χ1n) is 22.5. The van der Waals surface area contributed by atoms with Crippen molar-refractivity contribution in [1.29, 1.82) is 0 Å². The van der Waals surface area contributed by atoms with Crippen molar-refractivity contribution in [3.05, 3.63) is 0 Å². The standard InChI is InChI=1S/C43H88NO7P/c1-3-5-7-9-11-13-15-17-19-20-21-23-25-27-29-31-33-35-38-48-40-42(41-50-52(46,47)49-39-37-44)51-43(45)36-34-32-30-28-26-24-22-18-16-14-12-10-8-6-4-2/h42H,3-41,44H2,1-2H3,(H,46,47). The summed E-state index contributed by atoms with van der Waals surface area (Å²) in [5, 5.41) is 0. The lowest BCUT2D eigenvalue weighted by molar-refractivity contribution is -0.154. The lowest BCUT2D eigenvalue weighted by atomic mass is 10.0. The predicted octanol–water partition coefficient (Wildman–Crippen LogP) is 13.3. The number of rotatable bonds is 44. The fourth-order valence-corrected chi connectivity index (χ4v) is 7.47. The van der Waals surface area contributed by atoms with Crippen molar-refractivity contribution >= 4 is 13.8 Å². The smallest absolute Gasteiger partial charge is 0.457 e. The van der Waals surface area contributed by atoms with Crippen LogP contribution < -0.4 is 5.73 Å². The van der Waals surface area contributed by atoms with Crippen LogP contribution in [0.15, 0.2) is 0 Å². The second kappa shape index (κ2) is 41.7. The molecule has 52 heavy (non-hydrogen) atoms. The van der Waals surface area contributed by atoms with Crippen LogP contribution in [0.3, 0.4) is 0 Å². The minimum absolute atomic E-state index is 0.0900. The van der Waals surface area contributed by atoms with E-state index in [9.17, 15) is 14.3 Å². The molecule has 0 amide bonds. The molecule has 0 radical (unpaired) electrons. The van der Waals surface area contributed by atoms with Crippen LogP contribution in [0.2, 0.25) is 0 Å². The van der Waals surface area contributed by atoms with E-state index in [4.69, 9.17) is 24.3 Å². The van der Waals surface area contributed by atoms with E-state index in [1.54, 1.807) is 0 Å². The Hall–Kier alpha value is -0.500. The number of carbonyl (C=O) groups excluding carboxylic acids is 1. The molecular formula is C43H88NO7P. The van der Waals surface area contributed by atoms with Crippen molar-refractivity contribution in [3.63, 3.8) is 0 Å². The van der Waals surface area contributed by atoms with E-state index in [0.717, 1.165) is 32.1 Å². The number of ether oxygens (including phenoxy) is 2. The Bertz CT molecular complexity index is 772. The van der Waals surface area contributed by atoms with Crippen LogP contribution >= 0.6 is 7.82 Å². The van der Waals surface area contributed by atoms with Crippen LogP contribution in [-0.2, 0) is 27.9 Å². The first-order valence-corrected chi connectivity index (χ1v) is 24.0. The maximum Gasteiger partial charge on any atom is 0.472 e. The minimum Gasteiger partial charge on any atom is -0.457 e. The Morgan fingerprint density at radius 2 is 0.846 bits per heavy atom. The zero-order chi connectivity index (χ0) is 38.1. The summed E-state index contributed by atoms with van der Waals surface area (Å²) in [4.78, 5) is 22.5. The molecular weight excluding hydrogens is 673 g/mol. The fourth-order valence-electron chi connectivity index (χ4n) is 6.70. The number of esters is 1. The van der Waals surface area contributed by atoms with Gasteiger partial charge in [-0.2, -0.15) is 0 Å². The van der Waals surface area contributed by atoms with Gasteiger partial charge in [0.2, 0.25) is 0 Å². The van der Waals surface area contributed by atoms with Gasteiger partial charge in [-0.15, -0.1) is 0 Å². The number of phosphoric ester groups is 1. The molecule has 8 nitrogen and oxygen atoms in total. The molecule has 0 aromatic rings. The molecule has 0 heterocycles. The van der Waals surface area contributed by atoms with Crippen molar-refractivity contribution in [3.8, 4) is 0 Å². The monoisotopic (exact) mass is 762 g/mol. The van der Waals surface area contributed by atoms with Crippen LogP contribution in [0.25, 0.3) is 0 Å². The van der Waals surface area contributed by atoms with Crippen LogP contribution in [0.5, 0.6) is 0 Å². The van der Waals surface area contributed by atoms with Gasteiger partial charge < -0.3 is 20.1 Å². The molecule has 0 bridgehead atoms. The zero-order valence-corrected chi connectivity index (χ0v) is 35.5. The molecule has 0 aliphatic rings. The van der Waals surface area contributed by atoms with Gasteiger partial charge in [-0.05, 0) is 12.8 Å². The van der Waals surface area contributed by atoms with Crippen LogP contribution in [-0.4, -0.2) is 49.9 Å². The van der Waals surface area contributed by atoms with E-state index >= 15 is 0 Å². The van der Waals surface area contributed by atoms with E-state index < -0.39 is 13.9 Å². The average molecular weight is 762 g/mol. The lowest BCUT2D eigenvalue weighted by Gasteiger charge is -2.20. The summed E-state index contributed by atoms with van der Waals surface area (Å²) < 4.78 is 33.5. The Morgan fingerprint density at radius 3 is 1.21 bits per heavy atom. The molecule has 2 atom stereocenters. The number of phosphoric acid groups is 1. The SMILES string of the molecule is CCCCCCCCCCCCCCCCCCCCOCC(COP(=O)(O)OCCN)OC(=O)CCCCCCCCCCCCCCCCC. The third kappa shape index (κ3) is 40.7. The summed E-state index contributed by atoms with van der Waals surface area (Å²) in [6.45, 7) is 4.99. The third-order valence-corrected chi connectivity index (χ3v) is 11.0. The molecule has 0 fully saturated rings. The average Bonchev–Trinajstić information content (AvgIpc) is 3.13. The first kappa shape index (κ1) is 51.5. The van der Waals surface area contributed by atoms with E-state index in [-0.39, 0.29) is 32.3 Å². The summed E-state index contributed by atoms with van der Waals surface area (Å²) in [5.41, 5.74) is 5.37. The second-order valence-corrected chi connectivity index (χ2v) is 16.7. The van der Waals surface area contributed by atoms with Crippen LogP contribution in [0, 0.1) is 0 Å². The zero-order valence-electron chi connectivity index (χ0n) is 34.6. The minimum atomic E-state index is -4.27. The lowest BCUT2D eigenvalue weighted by Crippen LogP contribution is -2.28. The van der Waals surface area contributed by atoms with Crippen LogP contribution in [0.4, 0.5) is 0 Å². The van der Waals surface area contributed by atoms with E-state index in [1.165, 1.54) is 180 Å². The van der Waals surface area contributed by atoms with Gasteiger partial charge >= 0.3 is 13.8 Å². The van der Waals surface area contributed by atoms with Gasteiger partial charge in [-0.3, -0.25) is 13.8 Å². The van der Waals surface area contributed by atoms with Crippen molar-refractivity contribution in [2.45, 2.75) is 238 Å². The molecule has 0 spiro atoms. The normalized spacial score (nSPS) is 13.4. The molecule has 312 valence electrons. The number of hydrogen-bond acceptors (Lipinski definition) is 7. The van der Waals surface area contributed by atoms with Gasteiger partial charge in [0.25, 0.3) is 0 Å². The molecule has 0 aromatic heterocycles. The Labute approximate surface area is 322 Å². The quantitative estimate of drug-likeness (QED) is 0.0358. The highest BCUT2D eigenvalue weighted by Gasteiger charge is 2.25. The summed E-state index contributed by atoms with van der Waals surface area (Å²) in [6.07, 6.45) is 42.6. The number of unbranched alkanes of at least 4 members (excludes halogenated alkanes) is 31. The molecule has 9 heteroatoms. The Morgan fingerprint density at radius 1 is 0.500 bits per heavy atom. The van der Waals surface area contributed by atoms with E-state index in [0.29, 0.717) is 13.0 Å². The molecule has 0 saturated heterocycles. The third-order valence-electron chi connectivity index (χ3n) is 10.0. The van der Waals surface area contributed by atoms with Gasteiger partial charge in [-0.1, -0.05) is 213 Å². The van der Waals surface area contributed by atoms with Gasteiger partial charge in [0.15, 0.2) is 0 Å². The summed E-state index contributed by atoms with van der Waals surface area (Å²) >= 11 is 0. The highest BCUT2D eigenvalue weighted by atomic mass is 31.2. The van der Waals surface area contributed by atoms with E-state index in [1.807, 2.05) is 0 Å². The van der Waals surface area contributed by atoms with Gasteiger partial charge in [0, 0.05) is 19.6 Å². The number of carbonyl (C=O) groups is 1. The number of hydrogen-bond donors (Lipinski definition) is 2. The first-order chi connectivity index (χ1) is 25.4.